The highest BCUT2D eigenvalue weighted by atomic mass is 15.1. The summed E-state index contributed by atoms with van der Waals surface area (Å²) in [6.07, 6.45) is 60.6. The second-order valence-electron chi connectivity index (χ2n) is 16.8. The quantitative estimate of drug-likeness (QED) is 0.0518. The number of hydrogen-bond donors (Lipinski definition) is 1. The van der Waals surface area contributed by atoms with E-state index in [1.165, 1.54) is 250 Å². The van der Waals surface area contributed by atoms with E-state index in [1.807, 2.05) is 0 Å². The number of unbranched alkanes of at least 4 members (excludes halogenated alkanes) is 33. The Kier molecular flexibility index (Phi) is 35.8. The minimum absolute atomic E-state index is 0.617. The molecule has 1 aromatic heterocycles. The van der Waals surface area contributed by atoms with E-state index in [4.69, 9.17) is 0 Å². The number of aromatic nitrogens is 2. The highest BCUT2D eigenvalue weighted by Gasteiger charge is 2.25. The molecule has 0 aromatic carbocycles. The predicted octanol–water partition coefficient (Wildman–Crippen LogP) is 17.2. The molecule has 0 aliphatic rings. The molecule has 0 aliphatic carbocycles. The van der Waals surface area contributed by atoms with E-state index in [0.717, 1.165) is 0 Å². The van der Waals surface area contributed by atoms with Gasteiger partial charge in [0.05, 0.1) is 12.0 Å². The molecule has 0 saturated heterocycles. The summed E-state index contributed by atoms with van der Waals surface area (Å²) in [5, 5.41) is 0. The second kappa shape index (κ2) is 38.0. The van der Waals surface area contributed by atoms with Gasteiger partial charge in [0.1, 0.15) is 12.4 Å². The summed E-state index contributed by atoms with van der Waals surface area (Å²) < 4.78 is 2.65. The molecule has 0 radical (unpaired) electrons. The van der Waals surface area contributed by atoms with Gasteiger partial charge in [0.2, 0.25) is 0 Å². The Labute approximate surface area is 316 Å². The van der Waals surface area contributed by atoms with Gasteiger partial charge in [0, 0.05) is 0 Å². The fourth-order valence-electron chi connectivity index (χ4n) is 8.37. The van der Waals surface area contributed by atoms with Crippen molar-refractivity contribution >= 4 is 0 Å². The molecule has 50 heavy (non-hydrogen) atoms. The summed E-state index contributed by atoms with van der Waals surface area (Å²) in [4.78, 5) is 3.78. The summed E-state index contributed by atoms with van der Waals surface area (Å²) in [5.74, 6) is 2.25. The predicted molar refractivity (Wildman–Crippen MR) is 226 cm³/mol. The van der Waals surface area contributed by atoms with Gasteiger partial charge in [-0.2, -0.15) is 0 Å². The number of hydrogen-bond acceptors (Lipinski definition) is 0. The molecule has 2 nitrogen and oxygen atoms in total. The Morgan fingerprint density at radius 2 is 0.640 bits per heavy atom. The van der Waals surface area contributed by atoms with E-state index < -0.39 is 0 Å². The van der Waals surface area contributed by atoms with Crippen molar-refractivity contribution in [2.75, 3.05) is 0 Å². The molecule has 0 spiro atoms. The minimum atomic E-state index is 0.617. The third-order valence-corrected chi connectivity index (χ3v) is 11.9. The SMILES string of the molecule is CCCCCCCCCCCCCCCCCC(CCCCCCCCCCCCCC)c1[nH]cc[n+]1C(C)CCCCCCCCCCC. The third kappa shape index (κ3) is 28.8. The number of rotatable bonds is 41. The number of imidazole rings is 1. The first-order chi connectivity index (χ1) is 24.7. The molecule has 1 aromatic rings. The van der Waals surface area contributed by atoms with Crippen molar-refractivity contribution in [2.45, 2.75) is 290 Å². The van der Waals surface area contributed by atoms with Crippen LogP contribution in [0.2, 0.25) is 0 Å². The van der Waals surface area contributed by atoms with Crippen LogP contribution in [0.25, 0.3) is 0 Å². The number of nitrogens with zero attached hydrogens (tertiary/aromatic N) is 1. The van der Waals surface area contributed by atoms with Crippen LogP contribution in [-0.4, -0.2) is 4.98 Å². The van der Waals surface area contributed by atoms with Gasteiger partial charge in [-0.15, -0.1) is 0 Å². The van der Waals surface area contributed by atoms with E-state index >= 15 is 0 Å². The third-order valence-electron chi connectivity index (χ3n) is 11.9. The highest BCUT2D eigenvalue weighted by Crippen LogP contribution is 2.28. The zero-order valence-electron chi connectivity index (χ0n) is 35.3. The standard InChI is InChI=1S/C48H94N2/c1-5-8-11-14-17-20-22-24-25-26-28-31-34-37-40-43-47(42-39-36-33-30-27-23-21-18-15-12-9-6-2)48-49-44-45-50(48)46(4)41-38-35-32-29-19-16-13-10-7-3/h44-47H,5-43H2,1-4H3/p+1. The summed E-state index contributed by atoms with van der Waals surface area (Å²) in [6, 6.07) is 0.617. The van der Waals surface area contributed by atoms with Crippen molar-refractivity contribution in [1.29, 1.82) is 0 Å². The van der Waals surface area contributed by atoms with E-state index in [2.05, 4.69) is 49.6 Å². The monoisotopic (exact) mass is 700 g/mol. The Morgan fingerprint density at radius 3 is 0.940 bits per heavy atom. The van der Waals surface area contributed by atoms with Gasteiger partial charge >= 0.3 is 0 Å². The topological polar surface area (TPSA) is 19.7 Å². The summed E-state index contributed by atoms with van der Waals surface area (Å²) in [6.45, 7) is 9.43. The zero-order valence-corrected chi connectivity index (χ0v) is 35.3. The van der Waals surface area contributed by atoms with Crippen LogP contribution in [0.4, 0.5) is 0 Å². The second-order valence-corrected chi connectivity index (χ2v) is 16.8. The molecule has 0 saturated carbocycles. The maximum Gasteiger partial charge on any atom is 0.257 e. The lowest BCUT2D eigenvalue weighted by atomic mass is 9.92. The van der Waals surface area contributed by atoms with E-state index in [0.29, 0.717) is 12.0 Å². The number of H-pyrrole nitrogens is 1. The molecule has 1 N–H and O–H groups in total. The van der Waals surface area contributed by atoms with Crippen molar-refractivity contribution < 1.29 is 4.57 Å². The summed E-state index contributed by atoms with van der Waals surface area (Å²) >= 11 is 0. The lowest BCUT2D eigenvalue weighted by Crippen LogP contribution is -2.41. The van der Waals surface area contributed by atoms with Gasteiger partial charge in [-0.05, 0) is 32.6 Å². The highest BCUT2D eigenvalue weighted by molar-refractivity contribution is 4.90. The molecule has 1 rings (SSSR count). The van der Waals surface area contributed by atoms with Gasteiger partial charge in [-0.1, -0.05) is 245 Å². The van der Waals surface area contributed by atoms with Crippen molar-refractivity contribution in [3.63, 3.8) is 0 Å². The largest absolute Gasteiger partial charge is 0.257 e. The molecule has 1 heterocycles. The smallest absolute Gasteiger partial charge is 0.247 e. The Morgan fingerprint density at radius 1 is 0.380 bits per heavy atom. The summed E-state index contributed by atoms with van der Waals surface area (Å²) in [5.41, 5.74) is 0. The van der Waals surface area contributed by atoms with Crippen LogP contribution >= 0.6 is 0 Å². The maximum absolute atomic E-state index is 3.78. The van der Waals surface area contributed by atoms with Crippen LogP contribution in [0.1, 0.15) is 296 Å². The van der Waals surface area contributed by atoms with Gasteiger partial charge in [0.25, 0.3) is 5.82 Å². The Hall–Kier alpha value is -0.790. The molecule has 2 atom stereocenters. The fourth-order valence-corrected chi connectivity index (χ4v) is 8.37. The zero-order chi connectivity index (χ0) is 36.0. The summed E-state index contributed by atoms with van der Waals surface area (Å²) in [7, 11) is 0. The minimum Gasteiger partial charge on any atom is -0.247 e. The molecular formula is C48H95N2+. The molecule has 0 aliphatic heterocycles. The van der Waals surface area contributed by atoms with Crippen molar-refractivity contribution in [3.8, 4) is 0 Å². The Bertz CT molecular complexity index is 768. The van der Waals surface area contributed by atoms with E-state index in [-0.39, 0.29) is 0 Å². The van der Waals surface area contributed by atoms with Crippen molar-refractivity contribution in [2.24, 2.45) is 0 Å². The normalized spacial score (nSPS) is 13.0. The van der Waals surface area contributed by atoms with Gasteiger partial charge in [-0.3, -0.25) is 0 Å². The van der Waals surface area contributed by atoms with Gasteiger partial charge in [0.15, 0.2) is 0 Å². The average molecular weight is 700 g/mol. The van der Waals surface area contributed by atoms with Crippen molar-refractivity contribution in [3.05, 3.63) is 18.2 Å². The van der Waals surface area contributed by atoms with E-state index in [9.17, 15) is 0 Å². The molecule has 0 amide bonds. The number of aromatic amines is 1. The molecule has 0 bridgehead atoms. The van der Waals surface area contributed by atoms with Crippen LogP contribution in [0.3, 0.4) is 0 Å². The first-order valence-electron chi connectivity index (χ1n) is 23.8. The lowest BCUT2D eigenvalue weighted by Gasteiger charge is -2.17. The first-order valence-corrected chi connectivity index (χ1v) is 23.8. The Balaban J connectivity index is 2.37. The van der Waals surface area contributed by atoms with Crippen LogP contribution in [0.15, 0.2) is 12.4 Å². The van der Waals surface area contributed by atoms with Crippen molar-refractivity contribution in [1.82, 2.24) is 4.98 Å². The van der Waals surface area contributed by atoms with Crippen LogP contribution in [0, 0.1) is 0 Å². The van der Waals surface area contributed by atoms with Crippen LogP contribution in [0.5, 0.6) is 0 Å². The fraction of sp³-hybridized carbons (Fsp3) is 0.938. The molecule has 296 valence electrons. The molecule has 2 unspecified atom stereocenters. The lowest BCUT2D eigenvalue weighted by molar-refractivity contribution is -0.727. The average Bonchev–Trinajstić information content (AvgIpc) is 3.62. The van der Waals surface area contributed by atoms with Gasteiger partial charge < -0.3 is 0 Å². The molecule has 2 heteroatoms. The van der Waals surface area contributed by atoms with Crippen LogP contribution in [-0.2, 0) is 0 Å². The number of nitrogens with one attached hydrogen (secondary N) is 1. The maximum atomic E-state index is 3.78. The first kappa shape index (κ1) is 47.2. The van der Waals surface area contributed by atoms with Gasteiger partial charge in [-0.25, -0.2) is 9.55 Å². The van der Waals surface area contributed by atoms with Crippen LogP contribution < -0.4 is 4.57 Å². The van der Waals surface area contributed by atoms with E-state index in [1.54, 1.807) is 5.82 Å². The molecule has 0 fully saturated rings. The molecular weight excluding hydrogens is 605 g/mol.